The maximum absolute atomic E-state index is 12.4. The van der Waals surface area contributed by atoms with Crippen LogP contribution in [0, 0.1) is 6.92 Å². The maximum Gasteiger partial charge on any atom is 0.258 e. The first-order valence-corrected chi connectivity index (χ1v) is 6.45. The third-order valence-corrected chi connectivity index (χ3v) is 2.89. The van der Waals surface area contributed by atoms with E-state index in [9.17, 15) is 14.4 Å². The van der Waals surface area contributed by atoms with Crippen LogP contribution in [0.3, 0.4) is 0 Å². The Hall–Kier alpha value is -2.42. The average Bonchev–Trinajstić information content (AvgIpc) is 2.75. The van der Waals surface area contributed by atoms with Gasteiger partial charge in [-0.2, -0.15) is 5.10 Å². The minimum Gasteiger partial charge on any atom is -0.368 e. The van der Waals surface area contributed by atoms with Crippen molar-refractivity contribution in [1.29, 1.82) is 0 Å². The van der Waals surface area contributed by atoms with Crippen molar-refractivity contribution in [2.24, 2.45) is 17.2 Å². The Bertz CT molecular complexity index is 523. The molecule has 21 heavy (non-hydrogen) atoms. The summed E-state index contributed by atoms with van der Waals surface area (Å²) >= 11 is 0. The van der Waals surface area contributed by atoms with Crippen molar-refractivity contribution >= 4 is 17.7 Å². The summed E-state index contributed by atoms with van der Waals surface area (Å²) in [7, 11) is 0. The van der Waals surface area contributed by atoms with E-state index in [-0.39, 0.29) is 13.1 Å². The van der Waals surface area contributed by atoms with Crippen molar-refractivity contribution in [2.45, 2.75) is 19.9 Å². The van der Waals surface area contributed by atoms with Crippen molar-refractivity contribution < 1.29 is 14.4 Å². The number of nitrogens with zero attached hydrogens (tertiary/aromatic N) is 3. The smallest absolute Gasteiger partial charge is 0.258 e. The van der Waals surface area contributed by atoms with Crippen LogP contribution in [0.15, 0.2) is 6.20 Å². The molecule has 1 rings (SSSR count). The fourth-order valence-corrected chi connectivity index (χ4v) is 1.87. The van der Waals surface area contributed by atoms with Crippen LogP contribution in [0.25, 0.3) is 0 Å². The molecule has 0 radical (unpaired) electrons. The number of primary amides is 2. The molecule has 9 heteroatoms. The van der Waals surface area contributed by atoms with Gasteiger partial charge < -0.3 is 22.1 Å². The van der Waals surface area contributed by atoms with E-state index in [0.717, 1.165) is 11.3 Å². The van der Waals surface area contributed by atoms with Gasteiger partial charge in [-0.15, -0.1) is 0 Å². The van der Waals surface area contributed by atoms with Crippen LogP contribution < -0.4 is 17.2 Å². The van der Waals surface area contributed by atoms with Gasteiger partial charge in [-0.1, -0.05) is 0 Å². The number of hydrogen-bond donors (Lipinski definition) is 3. The van der Waals surface area contributed by atoms with Crippen LogP contribution in [0.2, 0.25) is 0 Å². The van der Waals surface area contributed by atoms with Gasteiger partial charge in [0.25, 0.3) is 5.91 Å². The molecule has 3 amide bonds. The molecule has 9 nitrogen and oxygen atoms in total. The van der Waals surface area contributed by atoms with Crippen molar-refractivity contribution in [1.82, 2.24) is 14.7 Å². The third kappa shape index (κ3) is 4.56. The molecule has 116 valence electrons. The molecular weight excluding hydrogens is 276 g/mol. The minimum atomic E-state index is -0.724. The predicted molar refractivity (Wildman–Crippen MR) is 74.9 cm³/mol. The molecule has 0 aliphatic heterocycles. The molecule has 0 aromatic carbocycles. The Morgan fingerprint density at radius 3 is 2.29 bits per heavy atom. The zero-order valence-electron chi connectivity index (χ0n) is 11.9. The van der Waals surface area contributed by atoms with E-state index in [2.05, 4.69) is 5.10 Å². The number of amides is 3. The van der Waals surface area contributed by atoms with Crippen LogP contribution in [0.1, 0.15) is 22.5 Å². The van der Waals surface area contributed by atoms with E-state index in [4.69, 9.17) is 17.2 Å². The van der Waals surface area contributed by atoms with Crippen LogP contribution in [0.4, 0.5) is 0 Å². The standard InChI is InChI=1S/C12H20N6O3/c1-8-9(5-16-18(8)4-2-3-13)12(21)17(6-10(14)19)7-11(15)20/h5H,2-4,6-7,13H2,1H3,(H2,14,19)(H2,15,20). The van der Waals surface area contributed by atoms with Crippen LogP contribution in [-0.4, -0.2) is 52.0 Å². The summed E-state index contributed by atoms with van der Waals surface area (Å²) in [6, 6.07) is 0. The highest BCUT2D eigenvalue weighted by Crippen LogP contribution is 2.11. The Balaban J connectivity index is 2.95. The van der Waals surface area contributed by atoms with E-state index in [0.29, 0.717) is 24.3 Å². The number of carbonyl (C=O) groups is 3. The highest BCUT2D eigenvalue weighted by molar-refractivity contribution is 5.99. The summed E-state index contributed by atoms with van der Waals surface area (Å²) in [5.74, 6) is -1.96. The Labute approximate surface area is 122 Å². The lowest BCUT2D eigenvalue weighted by atomic mass is 10.2. The molecule has 1 aromatic rings. The molecule has 0 bridgehead atoms. The molecule has 0 unspecified atom stereocenters. The molecule has 1 heterocycles. The predicted octanol–water partition coefficient (Wildman–Crippen LogP) is -2.05. The number of aromatic nitrogens is 2. The van der Waals surface area contributed by atoms with Crippen molar-refractivity contribution in [3.8, 4) is 0 Å². The monoisotopic (exact) mass is 296 g/mol. The third-order valence-electron chi connectivity index (χ3n) is 2.89. The molecule has 0 fully saturated rings. The Kier molecular flexibility index (Phi) is 5.85. The first kappa shape index (κ1) is 16.6. The lowest BCUT2D eigenvalue weighted by Gasteiger charge is -2.19. The average molecular weight is 296 g/mol. The van der Waals surface area contributed by atoms with Crippen molar-refractivity contribution in [3.63, 3.8) is 0 Å². The Morgan fingerprint density at radius 2 is 1.81 bits per heavy atom. The lowest BCUT2D eigenvalue weighted by Crippen LogP contribution is -2.43. The number of carbonyl (C=O) groups excluding carboxylic acids is 3. The molecule has 6 N–H and O–H groups in total. The van der Waals surface area contributed by atoms with Gasteiger partial charge in [-0.05, 0) is 19.9 Å². The topological polar surface area (TPSA) is 150 Å². The summed E-state index contributed by atoms with van der Waals surface area (Å²) in [4.78, 5) is 35.4. The number of nitrogens with two attached hydrogens (primary N) is 3. The number of rotatable bonds is 8. The number of aryl methyl sites for hydroxylation is 1. The van der Waals surface area contributed by atoms with Crippen LogP contribution in [-0.2, 0) is 16.1 Å². The second kappa shape index (κ2) is 7.39. The second-order valence-corrected chi connectivity index (χ2v) is 4.60. The van der Waals surface area contributed by atoms with Crippen molar-refractivity contribution in [2.75, 3.05) is 19.6 Å². The van der Waals surface area contributed by atoms with Gasteiger partial charge in [-0.25, -0.2) is 0 Å². The zero-order valence-corrected chi connectivity index (χ0v) is 11.9. The molecule has 0 aliphatic rings. The molecule has 0 aliphatic carbocycles. The summed E-state index contributed by atoms with van der Waals surface area (Å²) in [6.45, 7) is 2.06. The summed E-state index contributed by atoms with van der Waals surface area (Å²) in [6.07, 6.45) is 2.12. The first-order valence-electron chi connectivity index (χ1n) is 6.45. The van der Waals surface area contributed by atoms with E-state index < -0.39 is 17.7 Å². The van der Waals surface area contributed by atoms with Gasteiger partial charge in [-0.3, -0.25) is 19.1 Å². The summed E-state index contributed by atoms with van der Waals surface area (Å²) in [5, 5.41) is 4.10. The largest absolute Gasteiger partial charge is 0.368 e. The van der Waals surface area contributed by atoms with Gasteiger partial charge in [0.2, 0.25) is 11.8 Å². The van der Waals surface area contributed by atoms with Gasteiger partial charge in [0.15, 0.2) is 0 Å². The van der Waals surface area contributed by atoms with Crippen LogP contribution >= 0.6 is 0 Å². The lowest BCUT2D eigenvalue weighted by molar-refractivity contribution is -0.121. The maximum atomic E-state index is 12.4. The first-order chi connectivity index (χ1) is 9.86. The molecule has 0 saturated carbocycles. The number of hydrogen-bond acceptors (Lipinski definition) is 5. The molecular formula is C12H20N6O3. The van der Waals surface area contributed by atoms with E-state index >= 15 is 0 Å². The van der Waals surface area contributed by atoms with E-state index in [1.54, 1.807) is 11.6 Å². The van der Waals surface area contributed by atoms with E-state index in [1.807, 2.05) is 0 Å². The van der Waals surface area contributed by atoms with Gasteiger partial charge in [0.05, 0.1) is 11.8 Å². The van der Waals surface area contributed by atoms with Crippen molar-refractivity contribution in [3.05, 3.63) is 17.5 Å². The van der Waals surface area contributed by atoms with Gasteiger partial charge in [0, 0.05) is 12.2 Å². The fraction of sp³-hybridized carbons (Fsp3) is 0.500. The Morgan fingerprint density at radius 1 is 1.24 bits per heavy atom. The molecule has 0 atom stereocenters. The summed E-state index contributed by atoms with van der Waals surface area (Å²) in [5.41, 5.74) is 16.5. The van der Waals surface area contributed by atoms with Gasteiger partial charge >= 0.3 is 0 Å². The van der Waals surface area contributed by atoms with E-state index in [1.165, 1.54) is 6.20 Å². The molecule has 1 aromatic heterocycles. The normalized spacial score (nSPS) is 10.4. The second-order valence-electron chi connectivity index (χ2n) is 4.60. The minimum absolute atomic E-state index is 0.300. The SMILES string of the molecule is Cc1c(C(=O)N(CC(N)=O)CC(N)=O)cnn1CCCN. The summed E-state index contributed by atoms with van der Waals surface area (Å²) < 4.78 is 1.65. The highest BCUT2D eigenvalue weighted by Gasteiger charge is 2.23. The zero-order chi connectivity index (χ0) is 16.0. The molecule has 0 saturated heterocycles. The molecule has 0 spiro atoms. The highest BCUT2D eigenvalue weighted by atomic mass is 16.2. The van der Waals surface area contributed by atoms with Crippen LogP contribution in [0.5, 0.6) is 0 Å². The quantitative estimate of drug-likeness (QED) is 0.504. The van der Waals surface area contributed by atoms with Gasteiger partial charge in [0.1, 0.15) is 13.1 Å². The fourth-order valence-electron chi connectivity index (χ4n) is 1.87.